The molecule has 132 valence electrons. The van der Waals surface area contributed by atoms with E-state index in [2.05, 4.69) is 16.9 Å². The number of hydrogen-bond acceptors (Lipinski definition) is 4. The van der Waals surface area contributed by atoms with E-state index in [1.165, 1.54) is 6.07 Å². The number of hydrogen-bond donors (Lipinski definition) is 0. The summed E-state index contributed by atoms with van der Waals surface area (Å²) in [6, 6.07) is 4.90. The normalized spacial score (nSPS) is 11.8. The average molecular weight is 350 g/mol. The summed E-state index contributed by atoms with van der Waals surface area (Å²) in [5.41, 5.74) is 0.247. The molecule has 7 heteroatoms. The summed E-state index contributed by atoms with van der Waals surface area (Å²) in [6.45, 7) is 2.63. The van der Waals surface area contributed by atoms with Gasteiger partial charge in [-0.25, -0.2) is 4.98 Å². The second kappa shape index (κ2) is 7.13. The van der Waals surface area contributed by atoms with Crippen molar-refractivity contribution in [3.05, 3.63) is 42.2 Å². The first kappa shape index (κ1) is 17.3. The lowest BCUT2D eigenvalue weighted by atomic mass is 10.2. The van der Waals surface area contributed by atoms with Crippen LogP contribution in [0, 0.1) is 0 Å². The van der Waals surface area contributed by atoms with Gasteiger partial charge in [0.25, 0.3) is 0 Å². The number of benzene rings is 1. The van der Waals surface area contributed by atoms with Crippen LogP contribution in [0.4, 0.5) is 13.2 Å². The van der Waals surface area contributed by atoms with Gasteiger partial charge in [0, 0.05) is 6.20 Å². The number of ether oxygens (including phenoxy) is 1. The lowest BCUT2D eigenvalue weighted by Gasteiger charge is -2.08. The summed E-state index contributed by atoms with van der Waals surface area (Å²) in [6.07, 6.45) is 1.74. The molecule has 4 nitrogen and oxygen atoms in total. The Bertz CT molecular complexity index is 859. The maximum Gasteiger partial charge on any atom is 0.416 e. The van der Waals surface area contributed by atoms with E-state index in [0.29, 0.717) is 17.9 Å². The van der Waals surface area contributed by atoms with Crippen molar-refractivity contribution in [2.75, 3.05) is 6.61 Å². The van der Waals surface area contributed by atoms with Gasteiger partial charge < -0.3 is 9.15 Å². The molecule has 0 spiro atoms. The van der Waals surface area contributed by atoms with Crippen LogP contribution in [0.5, 0.6) is 5.75 Å². The quantitative estimate of drug-likeness (QED) is 0.553. The summed E-state index contributed by atoms with van der Waals surface area (Å²) in [7, 11) is 0. The van der Waals surface area contributed by atoms with Crippen molar-refractivity contribution in [3.8, 4) is 17.2 Å². The van der Waals surface area contributed by atoms with Crippen molar-refractivity contribution < 1.29 is 22.3 Å². The molecule has 0 saturated heterocycles. The molecule has 0 unspecified atom stereocenters. The monoisotopic (exact) mass is 350 g/mol. The third-order valence-electron chi connectivity index (χ3n) is 3.74. The largest absolute Gasteiger partial charge is 0.491 e. The van der Waals surface area contributed by atoms with Gasteiger partial charge in [0.1, 0.15) is 11.3 Å². The van der Waals surface area contributed by atoms with Crippen LogP contribution in [0.1, 0.15) is 31.7 Å². The Morgan fingerprint density at radius 1 is 1.16 bits per heavy atom. The van der Waals surface area contributed by atoms with Crippen LogP contribution in [0.15, 0.2) is 41.1 Å². The predicted molar refractivity (Wildman–Crippen MR) is 87.3 cm³/mol. The lowest BCUT2D eigenvalue weighted by molar-refractivity contribution is -0.137. The van der Waals surface area contributed by atoms with E-state index >= 15 is 0 Å². The number of nitrogens with zero attached hydrogens (tertiary/aromatic N) is 2. The molecule has 0 fully saturated rings. The summed E-state index contributed by atoms with van der Waals surface area (Å²) < 4.78 is 49.8. The Morgan fingerprint density at radius 2 is 2.00 bits per heavy atom. The number of halogens is 3. The van der Waals surface area contributed by atoms with E-state index in [0.717, 1.165) is 31.4 Å². The van der Waals surface area contributed by atoms with Crippen LogP contribution in [-0.4, -0.2) is 16.6 Å². The molecule has 0 atom stereocenters. The molecule has 0 bridgehead atoms. The van der Waals surface area contributed by atoms with Crippen molar-refractivity contribution in [1.29, 1.82) is 0 Å². The predicted octanol–water partition coefficient (Wildman–Crippen LogP) is 5.48. The van der Waals surface area contributed by atoms with E-state index < -0.39 is 11.7 Å². The van der Waals surface area contributed by atoms with Gasteiger partial charge in [-0.3, -0.25) is 4.98 Å². The van der Waals surface area contributed by atoms with Gasteiger partial charge in [0.2, 0.25) is 5.89 Å². The van der Waals surface area contributed by atoms with Crippen LogP contribution >= 0.6 is 0 Å². The first-order valence-electron chi connectivity index (χ1n) is 8.04. The third kappa shape index (κ3) is 3.92. The van der Waals surface area contributed by atoms with E-state index in [4.69, 9.17) is 9.15 Å². The Hall–Kier alpha value is -2.57. The van der Waals surface area contributed by atoms with E-state index in [9.17, 15) is 13.2 Å². The minimum atomic E-state index is -4.42. The maximum absolute atomic E-state index is 12.8. The first-order chi connectivity index (χ1) is 12.0. The second-order valence-electron chi connectivity index (χ2n) is 5.63. The van der Waals surface area contributed by atoms with Crippen molar-refractivity contribution in [3.63, 3.8) is 0 Å². The average Bonchev–Trinajstić information content (AvgIpc) is 3.01. The van der Waals surface area contributed by atoms with Gasteiger partial charge in [0.05, 0.1) is 23.9 Å². The topological polar surface area (TPSA) is 48.2 Å². The fraction of sp³-hybridized carbons (Fsp3) is 0.333. The highest BCUT2D eigenvalue weighted by molar-refractivity contribution is 5.78. The molecule has 0 radical (unpaired) electrons. The minimum Gasteiger partial charge on any atom is -0.491 e. The Balaban J connectivity index is 1.91. The van der Waals surface area contributed by atoms with Crippen LogP contribution in [-0.2, 0) is 6.18 Å². The molecule has 0 aliphatic carbocycles. The molecule has 0 aliphatic heterocycles. The van der Waals surface area contributed by atoms with Gasteiger partial charge >= 0.3 is 6.18 Å². The zero-order valence-corrected chi connectivity index (χ0v) is 13.6. The van der Waals surface area contributed by atoms with Crippen molar-refractivity contribution >= 4 is 11.1 Å². The van der Waals surface area contributed by atoms with Gasteiger partial charge in [-0.15, -0.1) is 0 Å². The van der Waals surface area contributed by atoms with Crippen LogP contribution < -0.4 is 4.74 Å². The fourth-order valence-electron chi connectivity index (χ4n) is 2.42. The molecular formula is C18H17F3N2O2. The highest BCUT2D eigenvalue weighted by Gasteiger charge is 2.31. The van der Waals surface area contributed by atoms with Crippen LogP contribution in [0.2, 0.25) is 0 Å². The minimum absolute atomic E-state index is 0.151. The highest BCUT2D eigenvalue weighted by atomic mass is 19.4. The summed E-state index contributed by atoms with van der Waals surface area (Å²) >= 11 is 0. The molecule has 1 aromatic carbocycles. The molecular weight excluding hydrogens is 333 g/mol. The molecule has 3 rings (SSSR count). The SMILES string of the molecule is CCCCCOc1cnccc1-c1nc2cc(C(F)(F)F)ccc2o1. The molecule has 0 aliphatic rings. The van der Waals surface area contributed by atoms with Crippen molar-refractivity contribution in [2.24, 2.45) is 0 Å². The zero-order valence-electron chi connectivity index (χ0n) is 13.6. The smallest absolute Gasteiger partial charge is 0.416 e. The number of alkyl halides is 3. The number of fused-ring (bicyclic) bond motifs is 1. The summed E-state index contributed by atoms with van der Waals surface area (Å²) in [4.78, 5) is 8.21. The van der Waals surface area contributed by atoms with Gasteiger partial charge in [0.15, 0.2) is 5.58 Å². The molecule has 3 aromatic rings. The summed E-state index contributed by atoms with van der Waals surface area (Å²) in [5, 5.41) is 0. The molecule has 2 heterocycles. The Kier molecular flexibility index (Phi) is 4.92. The van der Waals surface area contributed by atoms with E-state index in [1.807, 2.05) is 0 Å². The number of pyridine rings is 1. The number of oxazole rings is 1. The molecule has 0 saturated carbocycles. The van der Waals surface area contributed by atoms with Crippen molar-refractivity contribution in [2.45, 2.75) is 32.4 Å². The van der Waals surface area contributed by atoms with E-state index in [1.54, 1.807) is 18.5 Å². The molecule has 25 heavy (non-hydrogen) atoms. The standard InChI is InChI=1S/C18H17F3N2O2/c1-2-3-4-9-24-16-11-22-8-7-13(16)17-23-14-10-12(18(19,20)21)5-6-15(14)25-17/h5-8,10-11H,2-4,9H2,1H3. The Morgan fingerprint density at radius 3 is 2.76 bits per heavy atom. The maximum atomic E-state index is 12.8. The van der Waals surface area contributed by atoms with Gasteiger partial charge in [-0.2, -0.15) is 13.2 Å². The van der Waals surface area contributed by atoms with Crippen molar-refractivity contribution in [1.82, 2.24) is 9.97 Å². The van der Waals surface area contributed by atoms with Gasteiger partial charge in [-0.05, 0) is 30.7 Å². The number of aromatic nitrogens is 2. The highest BCUT2D eigenvalue weighted by Crippen LogP contribution is 2.34. The second-order valence-corrected chi connectivity index (χ2v) is 5.63. The van der Waals surface area contributed by atoms with Gasteiger partial charge in [-0.1, -0.05) is 19.8 Å². The number of rotatable bonds is 6. The first-order valence-corrected chi connectivity index (χ1v) is 8.04. The summed E-state index contributed by atoms with van der Waals surface area (Å²) in [5.74, 6) is 0.712. The molecule has 0 N–H and O–H groups in total. The van der Waals surface area contributed by atoms with Crippen LogP contribution in [0.3, 0.4) is 0 Å². The molecule has 0 amide bonds. The fourth-order valence-corrected chi connectivity index (χ4v) is 2.42. The lowest BCUT2D eigenvalue weighted by Crippen LogP contribution is -2.03. The molecule has 2 aromatic heterocycles. The Labute approximate surface area is 142 Å². The van der Waals surface area contributed by atoms with Crippen LogP contribution in [0.25, 0.3) is 22.6 Å². The number of unbranched alkanes of at least 4 members (excludes halogenated alkanes) is 2. The third-order valence-corrected chi connectivity index (χ3v) is 3.74. The zero-order chi connectivity index (χ0) is 17.9. The van der Waals surface area contributed by atoms with E-state index in [-0.39, 0.29) is 17.0 Å².